The maximum Gasteiger partial charge on any atom is 0.0667 e. The van der Waals surface area contributed by atoms with Crippen LogP contribution < -0.4 is 5.73 Å². The van der Waals surface area contributed by atoms with E-state index in [0.29, 0.717) is 6.54 Å². The van der Waals surface area contributed by atoms with Crippen LogP contribution in [0.2, 0.25) is 0 Å². The van der Waals surface area contributed by atoms with Crippen molar-refractivity contribution in [2.45, 2.75) is 25.0 Å². The highest BCUT2D eigenvalue weighted by Gasteiger charge is 2.25. The average molecular weight is 224 g/mol. The summed E-state index contributed by atoms with van der Waals surface area (Å²) in [5.74, 6) is 0. The number of piperidine rings is 1. The highest BCUT2D eigenvalue weighted by molar-refractivity contribution is 5.11. The molecule has 1 aliphatic rings. The van der Waals surface area contributed by atoms with Gasteiger partial charge in [-0.25, -0.2) is 0 Å². The Morgan fingerprint density at radius 3 is 3.06 bits per heavy atom. The summed E-state index contributed by atoms with van der Waals surface area (Å²) in [7, 11) is 1.90. The largest absolute Gasteiger partial charge is 0.392 e. The van der Waals surface area contributed by atoms with Gasteiger partial charge in [0.15, 0.2) is 0 Å². The molecule has 0 aliphatic carbocycles. The van der Waals surface area contributed by atoms with Gasteiger partial charge in [0.2, 0.25) is 0 Å². The van der Waals surface area contributed by atoms with Gasteiger partial charge in [-0.15, -0.1) is 0 Å². The van der Waals surface area contributed by atoms with Gasteiger partial charge in [0, 0.05) is 31.9 Å². The number of hydrogen-bond donors (Lipinski definition) is 2. The maximum absolute atomic E-state index is 9.67. The Hall–Kier alpha value is -0.910. The molecule has 1 saturated heterocycles. The van der Waals surface area contributed by atoms with Gasteiger partial charge in [-0.2, -0.15) is 5.10 Å². The highest BCUT2D eigenvalue weighted by atomic mass is 16.3. The van der Waals surface area contributed by atoms with Gasteiger partial charge in [-0.05, 0) is 19.4 Å². The number of aliphatic hydroxyl groups excluding tert-OH is 1. The molecule has 3 N–H and O–H groups in total. The van der Waals surface area contributed by atoms with E-state index in [2.05, 4.69) is 10.00 Å². The predicted molar refractivity (Wildman–Crippen MR) is 61.8 cm³/mol. The third-order valence-corrected chi connectivity index (χ3v) is 3.20. The summed E-state index contributed by atoms with van der Waals surface area (Å²) in [4.78, 5) is 2.26. The molecule has 2 rings (SSSR count). The highest BCUT2D eigenvalue weighted by Crippen LogP contribution is 2.23. The van der Waals surface area contributed by atoms with Gasteiger partial charge >= 0.3 is 0 Å². The molecule has 1 aromatic heterocycles. The summed E-state index contributed by atoms with van der Waals surface area (Å²) in [6, 6.07) is 0.184. The fourth-order valence-corrected chi connectivity index (χ4v) is 2.37. The molecular weight excluding hydrogens is 204 g/mol. The summed E-state index contributed by atoms with van der Waals surface area (Å²) < 4.78 is 1.79. The quantitative estimate of drug-likeness (QED) is 0.751. The van der Waals surface area contributed by atoms with E-state index in [9.17, 15) is 5.11 Å². The molecular formula is C11H20N4O. The number of β-amino-alcohol motifs (C(OH)–C–C–N with tert-alkyl or cyclic N) is 1. The van der Waals surface area contributed by atoms with Crippen LogP contribution in [0.4, 0.5) is 0 Å². The second-order valence-electron chi connectivity index (χ2n) is 4.49. The van der Waals surface area contributed by atoms with Gasteiger partial charge in [0.05, 0.1) is 18.3 Å². The number of hydrogen-bond acceptors (Lipinski definition) is 4. The molecule has 0 bridgehead atoms. The second-order valence-corrected chi connectivity index (χ2v) is 4.49. The van der Waals surface area contributed by atoms with Crippen LogP contribution in [0.3, 0.4) is 0 Å². The van der Waals surface area contributed by atoms with Crippen molar-refractivity contribution in [3.63, 3.8) is 0 Å². The van der Waals surface area contributed by atoms with Crippen molar-refractivity contribution in [3.8, 4) is 0 Å². The summed E-state index contributed by atoms with van der Waals surface area (Å²) >= 11 is 0. The van der Waals surface area contributed by atoms with Crippen LogP contribution in [-0.2, 0) is 7.05 Å². The van der Waals surface area contributed by atoms with Gasteiger partial charge in [0.1, 0.15) is 0 Å². The van der Waals surface area contributed by atoms with Crippen molar-refractivity contribution in [2.75, 3.05) is 19.6 Å². The zero-order valence-electron chi connectivity index (χ0n) is 9.71. The lowest BCUT2D eigenvalue weighted by Crippen LogP contribution is -2.42. The molecule has 2 heterocycles. The van der Waals surface area contributed by atoms with E-state index in [0.717, 1.165) is 31.5 Å². The Morgan fingerprint density at radius 2 is 2.50 bits per heavy atom. The Morgan fingerprint density at radius 1 is 1.69 bits per heavy atom. The van der Waals surface area contributed by atoms with E-state index >= 15 is 0 Å². The first-order chi connectivity index (χ1) is 7.70. The van der Waals surface area contributed by atoms with Crippen molar-refractivity contribution in [1.82, 2.24) is 14.7 Å². The molecule has 0 saturated carbocycles. The Kier molecular flexibility index (Phi) is 3.58. The summed E-state index contributed by atoms with van der Waals surface area (Å²) in [5, 5.41) is 13.8. The number of likely N-dealkylation sites (tertiary alicyclic amines) is 1. The van der Waals surface area contributed by atoms with Crippen LogP contribution in [0.5, 0.6) is 0 Å². The molecule has 1 aromatic rings. The van der Waals surface area contributed by atoms with Crippen LogP contribution in [0.1, 0.15) is 24.4 Å². The zero-order valence-corrected chi connectivity index (χ0v) is 9.71. The number of nitrogens with zero attached hydrogens (tertiary/aromatic N) is 3. The van der Waals surface area contributed by atoms with Gasteiger partial charge in [-0.3, -0.25) is 9.58 Å². The first-order valence-electron chi connectivity index (χ1n) is 5.81. The maximum atomic E-state index is 9.67. The molecule has 0 amide bonds. The monoisotopic (exact) mass is 224 g/mol. The normalized spacial score (nSPS) is 24.6. The smallest absolute Gasteiger partial charge is 0.0667 e. The zero-order chi connectivity index (χ0) is 11.5. The van der Waals surface area contributed by atoms with Crippen molar-refractivity contribution in [3.05, 3.63) is 18.0 Å². The fourth-order valence-electron chi connectivity index (χ4n) is 2.37. The van der Waals surface area contributed by atoms with E-state index < -0.39 is 0 Å². The van der Waals surface area contributed by atoms with Crippen molar-refractivity contribution in [1.29, 1.82) is 0 Å². The van der Waals surface area contributed by atoms with Crippen molar-refractivity contribution < 1.29 is 5.11 Å². The molecule has 2 unspecified atom stereocenters. The second kappa shape index (κ2) is 4.95. The van der Waals surface area contributed by atoms with Crippen LogP contribution in [-0.4, -0.2) is 45.5 Å². The summed E-state index contributed by atoms with van der Waals surface area (Å²) in [5.41, 5.74) is 6.97. The number of rotatable bonds is 3. The van der Waals surface area contributed by atoms with Crippen molar-refractivity contribution in [2.24, 2.45) is 12.8 Å². The minimum Gasteiger partial charge on any atom is -0.392 e. The van der Waals surface area contributed by atoms with Crippen LogP contribution >= 0.6 is 0 Å². The van der Waals surface area contributed by atoms with Crippen molar-refractivity contribution >= 4 is 0 Å². The molecule has 1 aliphatic heterocycles. The summed E-state index contributed by atoms with van der Waals surface area (Å²) in [6.07, 6.45) is 5.59. The Bertz CT molecular complexity index is 338. The molecule has 0 radical (unpaired) electrons. The molecule has 2 atom stereocenters. The van der Waals surface area contributed by atoms with Gasteiger partial charge in [0.25, 0.3) is 0 Å². The van der Waals surface area contributed by atoms with Gasteiger partial charge in [-0.1, -0.05) is 0 Å². The SMILES string of the molecule is Cn1cc(C(CN)N2CCCC(O)C2)cn1. The lowest BCUT2D eigenvalue weighted by molar-refractivity contribution is 0.0480. The topological polar surface area (TPSA) is 67.3 Å². The third kappa shape index (κ3) is 2.42. The molecule has 1 fully saturated rings. The Labute approximate surface area is 95.8 Å². The van der Waals surface area contributed by atoms with Crippen LogP contribution in [0.15, 0.2) is 12.4 Å². The number of aryl methyl sites for hydroxylation is 1. The lowest BCUT2D eigenvalue weighted by atomic mass is 10.0. The van der Waals surface area contributed by atoms with Crippen LogP contribution in [0.25, 0.3) is 0 Å². The van der Waals surface area contributed by atoms with Crippen LogP contribution in [0, 0.1) is 0 Å². The van der Waals surface area contributed by atoms with E-state index in [1.165, 1.54) is 0 Å². The van der Waals surface area contributed by atoms with E-state index in [1.807, 2.05) is 19.4 Å². The third-order valence-electron chi connectivity index (χ3n) is 3.20. The molecule has 90 valence electrons. The lowest BCUT2D eigenvalue weighted by Gasteiger charge is -2.35. The first kappa shape index (κ1) is 11.6. The molecule has 5 heteroatoms. The molecule has 0 aromatic carbocycles. The van der Waals surface area contributed by atoms with E-state index in [4.69, 9.17) is 5.73 Å². The number of aliphatic hydroxyl groups is 1. The predicted octanol–water partition coefficient (Wildman–Crippen LogP) is -0.123. The first-order valence-corrected chi connectivity index (χ1v) is 5.81. The van der Waals surface area contributed by atoms with E-state index in [-0.39, 0.29) is 12.1 Å². The molecule has 5 nitrogen and oxygen atoms in total. The fraction of sp³-hybridized carbons (Fsp3) is 0.727. The van der Waals surface area contributed by atoms with Gasteiger partial charge < -0.3 is 10.8 Å². The summed E-state index contributed by atoms with van der Waals surface area (Å²) in [6.45, 7) is 2.29. The van der Waals surface area contributed by atoms with E-state index in [1.54, 1.807) is 4.68 Å². The standard InChI is InChI=1S/C11H20N4O/c1-14-7-9(6-13-14)11(5-12)15-4-2-3-10(16)8-15/h6-7,10-11,16H,2-5,8,12H2,1H3. The number of nitrogens with two attached hydrogens (primary N) is 1. The molecule has 0 spiro atoms. The minimum absolute atomic E-state index is 0.184. The average Bonchev–Trinajstić information content (AvgIpc) is 2.66. The minimum atomic E-state index is -0.209. The Balaban J connectivity index is 2.09. The number of aromatic nitrogens is 2. The molecule has 16 heavy (non-hydrogen) atoms.